The number of hydrogen-bond donors (Lipinski definition) is 0. The number of hydrogen-bond acceptors (Lipinski definition) is 3. The monoisotopic (exact) mass is 349 g/mol. The third kappa shape index (κ3) is 4.24. The van der Waals surface area contributed by atoms with Gasteiger partial charge in [0.25, 0.3) is 5.91 Å². The molecular weight excluding hydrogens is 333 g/mol. The number of halogens is 2. The van der Waals surface area contributed by atoms with Crippen LogP contribution >= 0.6 is 11.6 Å². The van der Waals surface area contributed by atoms with Crippen molar-refractivity contribution >= 4 is 17.5 Å². The highest BCUT2D eigenvalue weighted by Crippen LogP contribution is 2.16. The molecule has 0 spiro atoms. The van der Waals surface area contributed by atoms with Crippen LogP contribution in [0.1, 0.15) is 10.4 Å². The minimum Gasteiger partial charge on any atom is -0.491 e. The van der Waals surface area contributed by atoms with E-state index in [1.54, 1.807) is 41.3 Å². The highest BCUT2D eigenvalue weighted by atomic mass is 35.5. The first-order valence-corrected chi connectivity index (χ1v) is 8.04. The van der Waals surface area contributed by atoms with Gasteiger partial charge in [-0.25, -0.2) is 4.39 Å². The topological polar surface area (TPSA) is 38.8 Å². The molecule has 2 aromatic carbocycles. The van der Waals surface area contributed by atoms with Crippen LogP contribution in [0.2, 0.25) is 5.02 Å². The fraction of sp³-hybridized carbons (Fsp3) is 0.278. The van der Waals surface area contributed by atoms with Crippen molar-refractivity contribution in [3.8, 4) is 5.75 Å². The molecule has 0 aromatic heterocycles. The van der Waals surface area contributed by atoms with Crippen molar-refractivity contribution in [2.75, 3.05) is 26.3 Å². The molecule has 24 heavy (non-hydrogen) atoms. The van der Waals surface area contributed by atoms with Gasteiger partial charge in [0, 0.05) is 23.2 Å². The first kappa shape index (κ1) is 16.7. The maximum atomic E-state index is 13.1. The van der Waals surface area contributed by atoms with Crippen molar-refractivity contribution in [1.82, 2.24) is 4.90 Å². The lowest BCUT2D eigenvalue weighted by Crippen LogP contribution is -2.47. The van der Waals surface area contributed by atoms with Crippen LogP contribution in [0.25, 0.3) is 0 Å². The molecule has 4 nitrogen and oxygen atoms in total. The molecule has 6 heteroatoms. The number of nitrogens with zero attached hydrogens (tertiary/aromatic N) is 1. The largest absolute Gasteiger partial charge is 0.491 e. The van der Waals surface area contributed by atoms with Gasteiger partial charge in [0.1, 0.15) is 24.3 Å². The molecule has 0 aliphatic carbocycles. The van der Waals surface area contributed by atoms with Crippen molar-refractivity contribution in [3.63, 3.8) is 0 Å². The first-order chi connectivity index (χ1) is 11.6. The molecule has 1 aliphatic heterocycles. The van der Waals surface area contributed by atoms with Gasteiger partial charge in [0.2, 0.25) is 0 Å². The zero-order chi connectivity index (χ0) is 16.9. The van der Waals surface area contributed by atoms with E-state index in [1.807, 2.05) is 0 Å². The van der Waals surface area contributed by atoms with E-state index >= 15 is 0 Å². The van der Waals surface area contributed by atoms with Gasteiger partial charge in [-0.2, -0.15) is 0 Å². The summed E-state index contributed by atoms with van der Waals surface area (Å²) in [5, 5.41) is 0.592. The Morgan fingerprint density at radius 3 is 2.83 bits per heavy atom. The summed E-state index contributed by atoms with van der Waals surface area (Å²) in [5.74, 6) is 0.0297. The van der Waals surface area contributed by atoms with Crippen molar-refractivity contribution in [3.05, 3.63) is 64.9 Å². The lowest BCUT2D eigenvalue weighted by Gasteiger charge is -2.33. The smallest absolute Gasteiger partial charge is 0.254 e. The lowest BCUT2D eigenvalue weighted by atomic mass is 10.1. The van der Waals surface area contributed by atoms with E-state index < -0.39 is 0 Å². The predicted molar refractivity (Wildman–Crippen MR) is 89.0 cm³/mol. The Morgan fingerprint density at radius 2 is 2.08 bits per heavy atom. The fourth-order valence-electron chi connectivity index (χ4n) is 2.53. The Kier molecular flexibility index (Phi) is 5.33. The van der Waals surface area contributed by atoms with Gasteiger partial charge < -0.3 is 14.4 Å². The molecule has 1 saturated heterocycles. The highest BCUT2D eigenvalue weighted by Gasteiger charge is 2.25. The number of morpholine rings is 1. The number of carbonyl (C=O) groups excluding carboxylic acids is 1. The number of benzene rings is 2. The Labute approximate surface area is 144 Å². The number of ether oxygens (including phenoxy) is 2. The normalized spacial score (nSPS) is 17.6. The van der Waals surface area contributed by atoms with Crippen LogP contribution in [0.15, 0.2) is 48.5 Å². The van der Waals surface area contributed by atoms with Gasteiger partial charge in [0.15, 0.2) is 0 Å². The van der Waals surface area contributed by atoms with Crippen molar-refractivity contribution < 1.29 is 18.7 Å². The number of amides is 1. The van der Waals surface area contributed by atoms with Gasteiger partial charge in [0.05, 0.1) is 13.2 Å². The summed E-state index contributed by atoms with van der Waals surface area (Å²) < 4.78 is 24.3. The lowest BCUT2D eigenvalue weighted by molar-refractivity contribution is -0.0401. The van der Waals surface area contributed by atoms with E-state index in [0.717, 1.165) is 0 Å². The molecule has 0 radical (unpaired) electrons. The van der Waals surface area contributed by atoms with E-state index in [2.05, 4.69) is 0 Å². The second-order valence-corrected chi connectivity index (χ2v) is 5.96. The molecule has 1 amide bonds. The SMILES string of the molecule is O=C(c1ccc(Cl)cc1)N1CCO[C@H](COc2cccc(F)c2)C1. The molecule has 1 fully saturated rings. The van der Waals surface area contributed by atoms with Gasteiger partial charge in [-0.1, -0.05) is 17.7 Å². The Bertz CT molecular complexity index is 708. The molecule has 0 bridgehead atoms. The zero-order valence-electron chi connectivity index (χ0n) is 13.0. The van der Waals surface area contributed by atoms with Crippen LogP contribution in [0.5, 0.6) is 5.75 Å². The summed E-state index contributed by atoms with van der Waals surface area (Å²) in [7, 11) is 0. The molecule has 3 rings (SSSR count). The average molecular weight is 350 g/mol. The van der Waals surface area contributed by atoms with Crippen LogP contribution in [-0.2, 0) is 4.74 Å². The Balaban J connectivity index is 1.57. The summed E-state index contributed by atoms with van der Waals surface area (Å²) in [6.07, 6.45) is -0.252. The summed E-state index contributed by atoms with van der Waals surface area (Å²) in [5.41, 5.74) is 0.589. The zero-order valence-corrected chi connectivity index (χ0v) is 13.7. The van der Waals surface area contributed by atoms with Gasteiger partial charge in [-0.3, -0.25) is 4.79 Å². The van der Waals surface area contributed by atoms with Crippen LogP contribution in [-0.4, -0.2) is 43.2 Å². The van der Waals surface area contributed by atoms with Crippen molar-refractivity contribution in [2.24, 2.45) is 0 Å². The third-order valence-corrected chi connectivity index (χ3v) is 4.00. The van der Waals surface area contributed by atoms with Crippen LogP contribution in [0.3, 0.4) is 0 Å². The van der Waals surface area contributed by atoms with E-state index in [0.29, 0.717) is 36.0 Å². The second-order valence-electron chi connectivity index (χ2n) is 5.52. The number of carbonyl (C=O) groups is 1. The Morgan fingerprint density at radius 1 is 1.29 bits per heavy atom. The van der Waals surface area contributed by atoms with Gasteiger partial charge >= 0.3 is 0 Å². The molecule has 2 aromatic rings. The first-order valence-electron chi connectivity index (χ1n) is 7.66. The van der Waals surface area contributed by atoms with Crippen molar-refractivity contribution in [1.29, 1.82) is 0 Å². The quantitative estimate of drug-likeness (QED) is 0.849. The molecular formula is C18H17ClFNO3. The van der Waals surface area contributed by atoms with E-state index in [9.17, 15) is 9.18 Å². The summed E-state index contributed by atoms with van der Waals surface area (Å²) in [6.45, 7) is 1.65. The minimum absolute atomic E-state index is 0.0641. The molecule has 1 atom stereocenters. The standard InChI is InChI=1S/C18H17ClFNO3/c19-14-6-4-13(5-7-14)18(22)21-8-9-23-17(11-21)12-24-16-3-1-2-15(20)10-16/h1-7,10,17H,8-9,11-12H2/t17-/m0/s1. The average Bonchev–Trinajstić information content (AvgIpc) is 2.60. The van der Waals surface area contributed by atoms with Crippen LogP contribution < -0.4 is 4.74 Å². The van der Waals surface area contributed by atoms with E-state index in [-0.39, 0.29) is 24.4 Å². The maximum Gasteiger partial charge on any atom is 0.254 e. The fourth-order valence-corrected chi connectivity index (χ4v) is 2.65. The van der Waals surface area contributed by atoms with Crippen LogP contribution in [0, 0.1) is 5.82 Å². The van der Waals surface area contributed by atoms with Crippen LogP contribution in [0.4, 0.5) is 4.39 Å². The second kappa shape index (κ2) is 7.64. The van der Waals surface area contributed by atoms with Gasteiger partial charge in [-0.05, 0) is 36.4 Å². The Hall–Kier alpha value is -2.11. The predicted octanol–water partition coefficient (Wildman–Crippen LogP) is 3.40. The molecule has 0 N–H and O–H groups in total. The summed E-state index contributed by atoms with van der Waals surface area (Å²) in [6, 6.07) is 12.7. The van der Waals surface area contributed by atoms with Crippen molar-refractivity contribution in [2.45, 2.75) is 6.10 Å². The molecule has 126 valence electrons. The molecule has 0 saturated carbocycles. The van der Waals surface area contributed by atoms with E-state index in [1.165, 1.54) is 12.1 Å². The van der Waals surface area contributed by atoms with E-state index in [4.69, 9.17) is 21.1 Å². The molecule has 1 heterocycles. The third-order valence-electron chi connectivity index (χ3n) is 3.75. The summed E-state index contributed by atoms with van der Waals surface area (Å²) >= 11 is 5.85. The molecule has 0 unspecified atom stereocenters. The molecule has 1 aliphatic rings. The maximum absolute atomic E-state index is 13.1. The number of rotatable bonds is 4. The summed E-state index contributed by atoms with van der Waals surface area (Å²) in [4.78, 5) is 14.2. The minimum atomic E-state index is -0.350. The van der Waals surface area contributed by atoms with Gasteiger partial charge in [-0.15, -0.1) is 0 Å². The highest BCUT2D eigenvalue weighted by molar-refractivity contribution is 6.30.